The van der Waals surface area contributed by atoms with E-state index >= 15 is 0 Å². The summed E-state index contributed by atoms with van der Waals surface area (Å²) in [5, 5.41) is 10.4. The van der Waals surface area contributed by atoms with Crippen LogP contribution in [0.5, 0.6) is 0 Å². The molecule has 1 aliphatic heterocycles. The fourth-order valence-electron chi connectivity index (χ4n) is 3.95. The summed E-state index contributed by atoms with van der Waals surface area (Å²) in [5.74, 6) is 0.564. The van der Waals surface area contributed by atoms with Gasteiger partial charge in [0.1, 0.15) is 5.01 Å². The summed E-state index contributed by atoms with van der Waals surface area (Å²) < 4.78 is 0.858. The second-order valence-electron chi connectivity index (χ2n) is 8.04. The molecule has 27 heavy (non-hydrogen) atoms. The van der Waals surface area contributed by atoms with Crippen molar-refractivity contribution in [3.05, 3.63) is 40.5 Å². The van der Waals surface area contributed by atoms with Crippen molar-refractivity contribution in [1.29, 1.82) is 0 Å². The van der Waals surface area contributed by atoms with Crippen molar-refractivity contribution in [1.82, 2.24) is 20.1 Å². The lowest BCUT2D eigenvalue weighted by Crippen LogP contribution is -2.46. The molecule has 4 rings (SSSR count). The zero-order valence-electron chi connectivity index (χ0n) is 16.1. The molecular formula is C20H24N4OS2. The number of aromatic amines is 1. The highest BCUT2D eigenvalue weighted by molar-refractivity contribution is 8.01. The molecule has 2 aromatic heterocycles. The summed E-state index contributed by atoms with van der Waals surface area (Å²) in [6, 6.07) is 8.47. The van der Waals surface area contributed by atoms with Crippen LogP contribution in [0.2, 0.25) is 0 Å². The van der Waals surface area contributed by atoms with Crippen LogP contribution >= 0.6 is 23.1 Å². The van der Waals surface area contributed by atoms with Crippen LogP contribution in [-0.4, -0.2) is 38.3 Å². The lowest BCUT2D eigenvalue weighted by molar-refractivity contribution is -0.134. The van der Waals surface area contributed by atoms with E-state index in [0.717, 1.165) is 27.8 Å². The van der Waals surface area contributed by atoms with Gasteiger partial charge in [-0.3, -0.25) is 4.79 Å². The van der Waals surface area contributed by atoms with Crippen molar-refractivity contribution < 1.29 is 4.79 Å². The molecule has 1 aromatic carbocycles. The number of carbonyl (C=O) groups is 1. The van der Waals surface area contributed by atoms with E-state index in [0.29, 0.717) is 5.75 Å². The fourth-order valence-corrected chi connectivity index (χ4v) is 5.65. The molecule has 7 heteroatoms. The summed E-state index contributed by atoms with van der Waals surface area (Å²) in [7, 11) is 0. The normalized spacial score (nSPS) is 17.3. The maximum absolute atomic E-state index is 13.1. The van der Waals surface area contributed by atoms with Crippen molar-refractivity contribution in [3.63, 3.8) is 0 Å². The third kappa shape index (κ3) is 3.50. The molecule has 0 fully saturated rings. The Hall–Kier alpha value is -1.86. The number of aryl methyl sites for hydroxylation is 1. The highest BCUT2D eigenvalue weighted by Gasteiger charge is 2.40. The van der Waals surface area contributed by atoms with Crippen molar-refractivity contribution >= 4 is 39.9 Å². The number of carbonyl (C=O) groups excluding carboxylic acids is 1. The van der Waals surface area contributed by atoms with Crippen LogP contribution in [0.15, 0.2) is 28.6 Å². The largest absolute Gasteiger partial charge is 0.356 e. The van der Waals surface area contributed by atoms with Gasteiger partial charge in [-0.05, 0) is 30.4 Å². The Balaban J connectivity index is 1.63. The quantitative estimate of drug-likeness (QED) is 0.653. The number of nitrogens with zero attached hydrogens (tertiary/aromatic N) is 3. The third-order valence-electron chi connectivity index (χ3n) is 5.00. The van der Waals surface area contributed by atoms with Gasteiger partial charge in [-0.25, -0.2) is 0 Å². The fraction of sp³-hybridized carbons (Fsp3) is 0.450. The number of rotatable bonds is 3. The van der Waals surface area contributed by atoms with Gasteiger partial charge >= 0.3 is 0 Å². The van der Waals surface area contributed by atoms with Gasteiger partial charge in [0, 0.05) is 23.1 Å². The van der Waals surface area contributed by atoms with Crippen LogP contribution in [-0.2, 0) is 11.2 Å². The predicted molar refractivity (Wildman–Crippen MR) is 111 cm³/mol. The number of para-hydroxylation sites is 1. The molecule has 142 valence electrons. The summed E-state index contributed by atoms with van der Waals surface area (Å²) in [6.45, 7) is 9.31. The van der Waals surface area contributed by atoms with E-state index in [1.807, 2.05) is 6.92 Å². The molecule has 1 aliphatic rings. The number of fused-ring (bicyclic) bond motifs is 3. The number of hydrogen-bond acceptors (Lipinski definition) is 5. The molecule has 0 saturated heterocycles. The second-order valence-corrected chi connectivity index (χ2v) is 10.4. The molecule has 0 unspecified atom stereocenters. The van der Waals surface area contributed by atoms with Crippen molar-refractivity contribution in [2.24, 2.45) is 5.41 Å². The first-order valence-corrected chi connectivity index (χ1v) is 11.0. The van der Waals surface area contributed by atoms with Crippen molar-refractivity contribution in [3.8, 4) is 0 Å². The van der Waals surface area contributed by atoms with Crippen LogP contribution in [0.3, 0.4) is 0 Å². The smallest absolute Gasteiger partial charge is 0.233 e. The van der Waals surface area contributed by atoms with Gasteiger partial charge in [0.2, 0.25) is 5.91 Å². The van der Waals surface area contributed by atoms with E-state index in [1.165, 1.54) is 39.7 Å². The molecule has 1 atom stereocenters. The summed E-state index contributed by atoms with van der Waals surface area (Å²) in [6.07, 6.45) is 0.889. The van der Waals surface area contributed by atoms with Gasteiger partial charge < -0.3 is 9.88 Å². The van der Waals surface area contributed by atoms with Gasteiger partial charge in [0.25, 0.3) is 0 Å². The lowest BCUT2D eigenvalue weighted by atomic mass is 9.79. The number of nitrogens with one attached hydrogen (secondary N) is 1. The Labute approximate surface area is 167 Å². The van der Waals surface area contributed by atoms with Crippen LogP contribution in [0.1, 0.15) is 43.1 Å². The van der Waals surface area contributed by atoms with Gasteiger partial charge in [0.05, 0.1) is 11.8 Å². The van der Waals surface area contributed by atoms with Gasteiger partial charge in [-0.15, -0.1) is 10.2 Å². The maximum Gasteiger partial charge on any atom is 0.233 e. The zero-order valence-corrected chi connectivity index (χ0v) is 17.7. The molecule has 0 saturated carbocycles. The highest BCUT2D eigenvalue weighted by atomic mass is 32.2. The number of benzene rings is 1. The minimum Gasteiger partial charge on any atom is -0.356 e. The highest BCUT2D eigenvalue weighted by Crippen LogP contribution is 2.44. The molecule has 0 bridgehead atoms. The maximum atomic E-state index is 13.1. The first-order chi connectivity index (χ1) is 12.8. The van der Waals surface area contributed by atoms with Crippen LogP contribution < -0.4 is 0 Å². The van der Waals surface area contributed by atoms with Gasteiger partial charge in [-0.1, -0.05) is 62.1 Å². The number of amides is 1. The van der Waals surface area contributed by atoms with Crippen molar-refractivity contribution in [2.45, 2.75) is 44.5 Å². The Bertz CT molecular complexity index is 985. The standard InChI is InChI=1S/C20H24N4OS2/c1-12-22-23-19(27-12)26-11-16(25)24-10-9-14-13-7-5-6-8-15(13)21-17(14)18(24)20(2,3)4/h5-8,18,21H,9-11H2,1-4H3/t18-/m1/s1. The van der Waals surface area contributed by atoms with E-state index in [9.17, 15) is 4.79 Å². The Kier molecular flexibility index (Phi) is 4.76. The molecule has 1 amide bonds. The van der Waals surface area contributed by atoms with E-state index in [-0.39, 0.29) is 17.4 Å². The minimum atomic E-state index is -0.0598. The molecule has 1 N–H and O–H groups in total. The predicted octanol–water partition coefficient (Wildman–Crippen LogP) is 4.59. The van der Waals surface area contributed by atoms with E-state index in [4.69, 9.17) is 0 Å². The summed E-state index contributed by atoms with van der Waals surface area (Å²) >= 11 is 3.02. The topological polar surface area (TPSA) is 61.9 Å². The first kappa shape index (κ1) is 18.5. The second kappa shape index (κ2) is 6.95. The average molecular weight is 401 g/mol. The molecule has 0 spiro atoms. The molecule has 3 aromatic rings. The van der Waals surface area contributed by atoms with Gasteiger partial charge in [0.15, 0.2) is 4.34 Å². The SMILES string of the molecule is Cc1nnc(SCC(=O)N2CCc3c([nH]c4ccccc34)[C@@H]2C(C)(C)C)s1. The average Bonchev–Trinajstić information content (AvgIpc) is 3.20. The number of thioether (sulfide) groups is 1. The summed E-state index contributed by atoms with van der Waals surface area (Å²) in [4.78, 5) is 18.8. The molecular weight excluding hydrogens is 376 g/mol. The van der Waals surface area contributed by atoms with E-state index in [1.54, 1.807) is 0 Å². The first-order valence-electron chi connectivity index (χ1n) is 9.16. The number of hydrogen-bond donors (Lipinski definition) is 1. The van der Waals surface area contributed by atoms with Crippen molar-refractivity contribution in [2.75, 3.05) is 12.3 Å². The van der Waals surface area contributed by atoms with E-state index in [2.05, 4.69) is 65.1 Å². The Morgan fingerprint density at radius 1 is 1.33 bits per heavy atom. The third-order valence-corrected chi connectivity index (χ3v) is 6.96. The van der Waals surface area contributed by atoms with Crippen LogP contribution in [0, 0.1) is 12.3 Å². The monoisotopic (exact) mass is 400 g/mol. The van der Waals surface area contributed by atoms with Crippen LogP contribution in [0.25, 0.3) is 10.9 Å². The Morgan fingerprint density at radius 2 is 2.11 bits per heavy atom. The lowest BCUT2D eigenvalue weighted by Gasteiger charge is -2.43. The number of H-pyrrole nitrogens is 1. The Morgan fingerprint density at radius 3 is 2.81 bits per heavy atom. The van der Waals surface area contributed by atoms with Crippen LogP contribution in [0.4, 0.5) is 0 Å². The number of aromatic nitrogens is 3. The molecule has 3 heterocycles. The summed E-state index contributed by atoms with van der Waals surface area (Å²) in [5.41, 5.74) is 3.65. The van der Waals surface area contributed by atoms with E-state index < -0.39 is 0 Å². The minimum absolute atomic E-state index is 0.0397. The molecule has 0 aliphatic carbocycles. The molecule has 5 nitrogen and oxygen atoms in total. The molecule has 0 radical (unpaired) electrons. The van der Waals surface area contributed by atoms with Gasteiger partial charge in [-0.2, -0.15) is 0 Å². The zero-order chi connectivity index (χ0) is 19.2.